The molecule has 0 spiro atoms. The number of nitrogens with zero attached hydrogens (tertiary/aromatic N) is 2. The summed E-state index contributed by atoms with van der Waals surface area (Å²) in [7, 11) is 1.60. The normalized spacial score (nSPS) is 11.8. The highest BCUT2D eigenvalue weighted by molar-refractivity contribution is 5.80. The minimum atomic E-state index is -4.39. The van der Waals surface area contributed by atoms with Crippen LogP contribution < -0.4 is 4.74 Å². The summed E-state index contributed by atoms with van der Waals surface area (Å²) in [6.07, 6.45) is -1.99. The Morgan fingerprint density at radius 1 is 1.00 bits per heavy atom. The molecule has 2 aromatic heterocycles. The molecule has 0 saturated carbocycles. The largest absolute Gasteiger partial charge is 0.489 e. The summed E-state index contributed by atoms with van der Waals surface area (Å²) in [6, 6.07) is 12.6. The van der Waals surface area contributed by atoms with Crippen LogP contribution in [0.4, 0.5) is 13.2 Å². The molecule has 0 aliphatic rings. The van der Waals surface area contributed by atoms with E-state index in [1.807, 2.05) is 37.4 Å². The minimum Gasteiger partial charge on any atom is -0.489 e. The molecule has 0 atom stereocenters. The Bertz CT molecular complexity index is 1220. The summed E-state index contributed by atoms with van der Waals surface area (Å²) >= 11 is 0. The average Bonchev–Trinajstić information content (AvgIpc) is 3.24. The van der Waals surface area contributed by atoms with Crippen molar-refractivity contribution in [2.45, 2.75) is 26.1 Å². The van der Waals surface area contributed by atoms with Crippen molar-refractivity contribution < 1.29 is 22.6 Å². The predicted molar refractivity (Wildman–Crippen MR) is 115 cm³/mol. The number of H-pyrrole nitrogens is 1. The van der Waals surface area contributed by atoms with Gasteiger partial charge in [0.15, 0.2) is 5.82 Å². The maximum atomic E-state index is 12.9. The molecule has 0 fully saturated rings. The highest BCUT2D eigenvalue weighted by atomic mass is 19.4. The summed E-state index contributed by atoms with van der Waals surface area (Å²) in [4.78, 5) is 12.3. The first-order valence-corrected chi connectivity index (χ1v) is 10.1. The zero-order valence-corrected chi connectivity index (χ0v) is 17.7. The number of nitrogens with one attached hydrogen (secondary N) is 1. The Morgan fingerprint density at radius 3 is 2.50 bits per heavy atom. The Hall–Kier alpha value is -3.39. The highest BCUT2D eigenvalue weighted by Gasteiger charge is 2.30. The van der Waals surface area contributed by atoms with Crippen molar-refractivity contribution >= 4 is 10.9 Å². The SMILES string of the molecule is COCCc1nc(-c2ccc(C(F)(F)F)cc2)nc(C)c1COc1ccc2cc[nH]c2c1. The zero-order valence-electron chi connectivity index (χ0n) is 17.7. The first-order valence-electron chi connectivity index (χ1n) is 10.1. The molecular formula is C24H22F3N3O2. The number of ether oxygens (including phenoxy) is 2. The summed E-state index contributed by atoms with van der Waals surface area (Å²) in [5, 5.41) is 1.10. The molecule has 166 valence electrons. The molecule has 0 unspecified atom stereocenters. The van der Waals surface area contributed by atoms with Gasteiger partial charge in [-0.05, 0) is 42.6 Å². The molecule has 8 heteroatoms. The lowest BCUT2D eigenvalue weighted by molar-refractivity contribution is -0.137. The van der Waals surface area contributed by atoms with Gasteiger partial charge in [-0.2, -0.15) is 13.2 Å². The van der Waals surface area contributed by atoms with E-state index in [2.05, 4.69) is 15.0 Å². The number of aryl methyl sites for hydroxylation is 1. The van der Waals surface area contributed by atoms with Crippen LogP contribution in [0.25, 0.3) is 22.3 Å². The smallest absolute Gasteiger partial charge is 0.416 e. The molecule has 0 saturated heterocycles. The fourth-order valence-electron chi connectivity index (χ4n) is 3.46. The van der Waals surface area contributed by atoms with Crippen LogP contribution in [0.15, 0.2) is 54.7 Å². The van der Waals surface area contributed by atoms with Gasteiger partial charge in [-0.1, -0.05) is 12.1 Å². The van der Waals surface area contributed by atoms with Crippen molar-refractivity contribution in [3.05, 3.63) is 77.2 Å². The van der Waals surface area contributed by atoms with Crippen molar-refractivity contribution in [3.8, 4) is 17.1 Å². The number of hydrogen-bond acceptors (Lipinski definition) is 4. The van der Waals surface area contributed by atoms with Crippen LogP contribution in [0, 0.1) is 6.92 Å². The molecule has 1 N–H and O–H groups in total. The van der Waals surface area contributed by atoms with Gasteiger partial charge in [0.1, 0.15) is 12.4 Å². The Kier molecular flexibility index (Phi) is 6.14. The fraction of sp³-hybridized carbons (Fsp3) is 0.250. The summed E-state index contributed by atoms with van der Waals surface area (Å²) in [5.74, 6) is 1.09. The molecular weight excluding hydrogens is 419 g/mol. The van der Waals surface area contributed by atoms with Crippen LogP contribution in [0.1, 0.15) is 22.5 Å². The van der Waals surface area contributed by atoms with E-state index in [-0.39, 0.29) is 6.61 Å². The van der Waals surface area contributed by atoms with Gasteiger partial charge < -0.3 is 14.5 Å². The van der Waals surface area contributed by atoms with E-state index in [0.717, 1.165) is 34.3 Å². The van der Waals surface area contributed by atoms with E-state index in [0.29, 0.717) is 35.9 Å². The van der Waals surface area contributed by atoms with Gasteiger partial charge >= 0.3 is 6.18 Å². The van der Waals surface area contributed by atoms with Crippen molar-refractivity contribution in [2.75, 3.05) is 13.7 Å². The third-order valence-corrected chi connectivity index (χ3v) is 5.22. The monoisotopic (exact) mass is 441 g/mol. The van der Waals surface area contributed by atoms with Crippen LogP contribution in [-0.2, 0) is 23.9 Å². The lowest BCUT2D eigenvalue weighted by Gasteiger charge is -2.15. The van der Waals surface area contributed by atoms with Gasteiger partial charge in [-0.15, -0.1) is 0 Å². The van der Waals surface area contributed by atoms with Crippen LogP contribution in [0.3, 0.4) is 0 Å². The maximum absolute atomic E-state index is 12.9. The van der Waals surface area contributed by atoms with Gasteiger partial charge in [0.25, 0.3) is 0 Å². The lowest BCUT2D eigenvalue weighted by Crippen LogP contribution is -2.11. The van der Waals surface area contributed by atoms with E-state index in [9.17, 15) is 13.2 Å². The first kappa shape index (κ1) is 21.8. The quantitative estimate of drug-likeness (QED) is 0.399. The lowest BCUT2D eigenvalue weighted by atomic mass is 10.1. The molecule has 2 heterocycles. The number of hydrogen-bond donors (Lipinski definition) is 1. The van der Waals surface area contributed by atoms with Gasteiger partial charge in [0.2, 0.25) is 0 Å². The van der Waals surface area contributed by atoms with Crippen LogP contribution in [-0.4, -0.2) is 28.7 Å². The fourth-order valence-corrected chi connectivity index (χ4v) is 3.46. The molecule has 0 radical (unpaired) electrons. The predicted octanol–water partition coefficient (Wildman–Crippen LogP) is 5.72. The topological polar surface area (TPSA) is 60.0 Å². The Morgan fingerprint density at radius 2 is 1.78 bits per heavy atom. The number of rotatable bonds is 7. The third-order valence-electron chi connectivity index (χ3n) is 5.22. The second kappa shape index (κ2) is 9.00. The average molecular weight is 441 g/mol. The second-order valence-corrected chi connectivity index (χ2v) is 7.39. The van der Waals surface area contributed by atoms with Gasteiger partial charge in [-0.3, -0.25) is 0 Å². The maximum Gasteiger partial charge on any atom is 0.416 e. The number of halogens is 3. The van der Waals surface area contributed by atoms with E-state index in [1.54, 1.807) is 7.11 Å². The van der Waals surface area contributed by atoms with Crippen LogP contribution in [0.5, 0.6) is 5.75 Å². The van der Waals surface area contributed by atoms with E-state index >= 15 is 0 Å². The molecule has 5 nitrogen and oxygen atoms in total. The molecule has 4 rings (SSSR count). The number of alkyl halides is 3. The Balaban J connectivity index is 1.61. The van der Waals surface area contributed by atoms with Gasteiger partial charge in [0, 0.05) is 48.1 Å². The van der Waals surface area contributed by atoms with Crippen LogP contribution >= 0.6 is 0 Å². The standard InChI is InChI=1S/C24H22F3N3O2/c1-15-20(14-32-19-8-5-16-9-11-28-22(16)13-19)21(10-12-31-2)30-23(29-15)17-3-6-18(7-4-17)24(25,26)27/h3-9,11,13,28H,10,12,14H2,1-2H3. The number of methoxy groups -OCH3 is 1. The third kappa shape index (κ3) is 4.75. The van der Waals surface area contributed by atoms with E-state index < -0.39 is 11.7 Å². The molecule has 0 amide bonds. The minimum absolute atomic E-state index is 0.268. The van der Waals surface area contributed by atoms with Crippen molar-refractivity contribution in [1.29, 1.82) is 0 Å². The summed E-state index contributed by atoms with van der Waals surface area (Å²) in [6.45, 7) is 2.56. The molecule has 2 aromatic carbocycles. The number of aromatic nitrogens is 3. The second-order valence-electron chi connectivity index (χ2n) is 7.39. The van der Waals surface area contributed by atoms with Crippen molar-refractivity contribution in [2.24, 2.45) is 0 Å². The van der Waals surface area contributed by atoms with Crippen molar-refractivity contribution in [3.63, 3.8) is 0 Å². The van der Waals surface area contributed by atoms with Crippen molar-refractivity contribution in [1.82, 2.24) is 15.0 Å². The van der Waals surface area contributed by atoms with E-state index in [4.69, 9.17) is 9.47 Å². The number of benzene rings is 2. The van der Waals surface area contributed by atoms with Gasteiger partial charge in [0.05, 0.1) is 17.9 Å². The number of aromatic amines is 1. The molecule has 0 bridgehead atoms. The van der Waals surface area contributed by atoms with Crippen LogP contribution in [0.2, 0.25) is 0 Å². The van der Waals surface area contributed by atoms with Gasteiger partial charge in [-0.25, -0.2) is 9.97 Å². The molecule has 0 aliphatic heterocycles. The zero-order chi connectivity index (χ0) is 22.7. The van der Waals surface area contributed by atoms with E-state index in [1.165, 1.54) is 12.1 Å². The molecule has 32 heavy (non-hydrogen) atoms. The first-order chi connectivity index (χ1) is 15.3. The molecule has 0 aliphatic carbocycles. The Labute approximate surface area is 183 Å². The summed E-state index contributed by atoms with van der Waals surface area (Å²) < 4.78 is 49.8. The summed E-state index contributed by atoms with van der Waals surface area (Å²) in [5.41, 5.74) is 3.08. The molecule has 4 aromatic rings. The number of fused-ring (bicyclic) bond motifs is 1. The highest BCUT2D eigenvalue weighted by Crippen LogP contribution is 2.31.